The van der Waals surface area contributed by atoms with E-state index in [4.69, 9.17) is 16.3 Å². The van der Waals surface area contributed by atoms with Gasteiger partial charge in [0.25, 0.3) is 0 Å². The summed E-state index contributed by atoms with van der Waals surface area (Å²) in [5.74, 6) is -0.573. The number of hydrogen-bond acceptors (Lipinski definition) is 5. The van der Waals surface area contributed by atoms with E-state index in [1.807, 2.05) is 0 Å². The van der Waals surface area contributed by atoms with Crippen LogP contribution in [0.3, 0.4) is 0 Å². The molecule has 0 aliphatic rings. The molecule has 0 saturated heterocycles. The third-order valence-electron chi connectivity index (χ3n) is 3.46. The molecule has 0 fully saturated rings. The van der Waals surface area contributed by atoms with Gasteiger partial charge in [0.15, 0.2) is 5.78 Å². The molecule has 0 bridgehead atoms. The minimum atomic E-state index is -0.455. The number of carbonyl (C=O) groups excluding carboxylic acids is 2. The zero-order valence-corrected chi connectivity index (χ0v) is 14.8. The Bertz CT molecular complexity index is 758. The van der Waals surface area contributed by atoms with Crippen molar-refractivity contribution in [2.75, 3.05) is 7.11 Å². The van der Waals surface area contributed by atoms with E-state index < -0.39 is 11.2 Å². The normalized spacial score (nSPS) is 12.0. The summed E-state index contributed by atoms with van der Waals surface area (Å²) in [6.07, 6.45) is 1.63. The number of H-pyrrole nitrogens is 1. The number of nitrogens with zero attached hydrogens (tertiary/aromatic N) is 1. The molecule has 23 heavy (non-hydrogen) atoms. The number of hydrogen-bond donors (Lipinski definition) is 1. The van der Waals surface area contributed by atoms with E-state index >= 15 is 0 Å². The highest BCUT2D eigenvalue weighted by Crippen LogP contribution is 2.30. The first kappa shape index (κ1) is 17.6. The molecular weight excluding hydrogens is 336 g/mol. The van der Waals surface area contributed by atoms with Gasteiger partial charge in [-0.15, -0.1) is 0 Å². The average molecular weight is 353 g/mol. The van der Waals surface area contributed by atoms with E-state index in [-0.39, 0.29) is 5.78 Å². The van der Waals surface area contributed by atoms with Crippen LogP contribution in [-0.4, -0.2) is 34.1 Å². The molecule has 1 N–H and O–H groups in total. The van der Waals surface area contributed by atoms with Gasteiger partial charge >= 0.3 is 5.97 Å². The van der Waals surface area contributed by atoms with E-state index in [2.05, 4.69) is 9.97 Å². The van der Waals surface area contributed by atoms with Crippen LogP contribution in [0.5, 0.6) is 0 Å². The number of ketones is 1. The fourth-order valence-corrected chi connectivity index (χ4v) is 3.40. The molecule has 0 saturated carbocycles. The summed E-state index contributed by atoms with van der Waals surface area (Å²) in [5, 5.41) is 0.709. The molecule has 0 aromatic carbocycles. The van der Waals surface area contributed by atoms with Crippen molar-refractivity contribution in [3.05, 3.63) is 45.9 Å². The van der Waals surface area contributed by atoms with E-state index in [0.29, 0.717) is 32.6 Å². The minimum Gasteiger partial charge on any atom is -0.465 e. The maximum Gasteiger partial charge on any atom is 0.339 e. The summed E-state index contributed by atoms with van der Waals surface area (Å²) < 4.78 is 4.76. The molecule has 7 heteroatoms. The van der Waals surface area contributed by atoms with Crippen LogP contribution in [0, 0.1) is 13.8 Å². The number of halogens is 1. The molecule has 0 spiro atoms. The molecule has 122 valence electrons. The van der Waals surface area contributed by atoms with Gasteiger partial charge in [-0.1, -0.05) is 23.4 Å². The van der Waals surface area contributed by atoms with Gasteiger partial charge < -0.3 is 9.72 Å². The lowest BCUT2D eigenvalue weighted by atomic mass is 10.1. The number of carbonyl (C=O) groups is 2. The summed E-state index contributed by atoms with van der Waals surface area (Å²) in [6.45, 7) is 5.25. The third kappa shape index (κ3) is 3.59. The van der Waals surface area contributed by atoms with Crippen LogP contribution < -0.4 is 0 Å². The number of pyridine rings is 1. The maximum absolute atomic E-state index is 12.7. The average Bonchev–Trinajstić information content (AvgIpc) is 2.82. The van der Waals surface area contributed by atoms with Crippen molar-refractivity contribution < 1.29 is 14.3 Å². The largest absolute Gasteiger partial charge is 0.465 e. The van der Waals surface area contributed by atoms with Gasteiger partial charge in [0.2, 0.25) is 0 Å². The van der Waals surface area contributed by atoms with Gasteiger partial charge in [-0.2, -0.15) is 0 Å². The number of nitrogens with one attached hydrogen (secondary N) is 1. The molecular formula is C16H17ClN2O3S. The Morgan fingerprint density at radius 2 is 2.09 bits per heavy atom. The Balaban J connectivity index is 2.27. The maximum atomic E-state index is 12.7. The lowest BCUT2D eigenvalue weighted by molar-refractivity contribution is 0.0599. The molecule has 2 rings (SSSR count). The number of Topliss-reactive ketones (excluding diaryl/α,β-unsaturated/α-hetero) is 1. The lowest BCUT2D eigenvalue weighted by Crippen LogP contribution is -2.15. The number of rotatable bonds is 5. The molecule has 1 unspecified atom stereocenters. The van der Waals surface area contributed by atoms with E-state index in [0.717, 1.165) is 0 Å². The van der Waals surface area contributed by atoms with Crippen molar-refractivity contribution >= 4 is 35.1 Å². The molecule has 0 amide bonds. The summed E-state index contributed by atoms with van der Waals surface area (Å²) in [7, 11) is 1.32. The number of aromatic amines is 1. The van der Waals surface area contributed by atoms with Crippen LogP contribution in [0.15, 0.2) is 23.4 Å². The predicted molar refractivity (Wildman–Crippen MR) is 90.5 cm³/mol. The summed E-state index contributed by atoms with van der Waals surface area (Å²) in [6, 6.07) is 3.47. The highest BCUT2D eigenvalue weighted by molar-refractivity contribution is 8.00. The first-order valence-corrected chi connectivity index (χ1v) is 8.21. The van der Waals surface area contributed by atoms with E-state index in [1.54, 1.807) is 39.1 Å². The van der Waals surface area contributed by atoms with Crippen LogP contribution in [0.4, 0.5) is 0 Å². The van der Waals surface area contributed by atoms with Gasteiger partial charge in [-0.3, -0.25) is 4.79 Å². The number of methoxy groups -OCH3 is 1. The molecule has 2 heterocycles. The van der Waals surface area contributed by atoms with Gasteiger partial charge in [0.1, 0.15) is 5.03 Å². The first-order chi connectivity index (χ1) is 10.9. The summed E-state index contributed by atoms with van der Waals surface area (Å²) in [4.78, 5) is 31.7. The second kappa shape index (κ2) is 7.19. The van der Waals surface area contributed by atoms with E-state index in [1.165, 1.54) is 18.9 Å². The van der Waals surface area contributed by atoms with Crippen molar-refractivity contribution in [2.24, 2.45) is 0 Å². The van der Waals surface area contributed by atoms with Crippen molar-refractivity contribution in [1.82, 2.24) is 9.97 Å². The quantitative estimate of drug-likeness (QED) is 0.503. The highest BCUT2D eigenvalue weighted by Gasteiger charge is 2.26. The van der Waals surface area contributed by atoms with Gasteiger partial charge in [0.05, 0.1) is 28.6 Å². The molecule has 5 nitrogen and oxygen atoms in total. The molecule has 0 aliphatic heterocycles. The third-order valence-corrected chi connectivity index (χ3v) is 4.99. The Hall–Kier alpha value is -1.79. The van der Waals surface area contributed by atoms with Crippen LogP contribution in [0.1, 0.15) is 39.0 Å². The number of ether oxygens (including phenoxy) is 1. The standard InChI is InChI=1S/C16H17ClN2O3S/c1-8-12(16(21)22-4)9(2)19-13(8)14(20)10(3)23-15-11(17)6-5-7-18-15/h5-7,10,19H,1-4H3. The van der Waals surface area contributed by atoms with Crippen molar-refractivity contribution in [3.63, 3.8) is 0 Å². The van der Waals surface area contributed by atoms with Crippen LogP contribution in [0.25, 0.3) is 0 Å². The monoisotopic (exact) mass is 352 g/mol. The number of aryl methyl sites for hydroxylation is 1. The summed E-state index contributed by atoms with van der Waals surface area (Å²) in [5.41, 5.74) is 2.03. The zero-order valence-electron chi connectivity index (χ0n) is 13.3. The van der Waals surface area contributed by atoms with Crippen molar-refractivity contribution in [3.8, 4) is 0 Å². The molecule has 0 aliphatic carbocycles. The van der Waals surface area contributed by atoms with Crippen LogP contribution >= 0.6 is 23.4 Å². The topological polar surface area (TPSA) is 72.1 Å². The minimum absolute atomic E-state index is 0.118. The second-order valence-electron chi connectivity index (χ2n) is 5.03. The van der Waals surface area contributed by atoms with E-state index in [9.17, 15) is 9.59 Å². The van der Waals surface area contributed by atoms with Gasteiger partial charge in [-0.05, 0) is 38.5 Å². The number of esters is 1. The fourth-order valence-electron chi connectivity index (χ4n) is 2.29. The van der Waals surface area contributed by atoms with Gasteiger partial charge in [-0.25, -0.2) is 9.78 Å². The Morgan fingerprint density at radius 3 is 2.70 bits per heavy atom. The highest BCUT2D eigenvalue weighted by atomic mass is 35.5. The SMILES string of the molecule is COC(=O)c1c(C)[nH]c(C(=O)C(C)Sc2ncccc2Cl)c1C. The fraction of sp³-hybridized carbons (Fsp3) is 0.312. The number of thioether (sulfide) groups is 1. The number of aromatic nitrogens is 2. The molecule has 2 aromatic heterocycles. The Morgan fingerprint density at radius 1 is 1.39 bits per heavy atom. The van der Waals surface area contributed by atoms with Crippen molar-refractivity contribution in [2.45, 2.75) is 31.0 Å². The zero-order chi connectivity index (χ0) is 17.1. The van der Waals surface area contributed by atoms with Gasteiger partial charge in [0, 0.05) is 11.9 Å². The summed E-state index contributed by atoms with van der Waals surface area (Å²) >= 11 is 7.36. The first-order valence-electron chi connectivity index (χ1n) is 6.95. The van der Waals surface area contributed by atoms with Crippen LogP contribution in [0.2, 0.25) is 5.02 Å². The lowest BCUT2D eigenvalue weighted by Gasteiger charge is -2.10. The molecule has 0 radical (unpaired) electrons. The smallest absolute Gasteiger partial charge is 0.339 e. The second-order valence-corrected chi connectivity index (χ2v) is 6.77. The Labute approximate surface area is 143 Å². The predicted octanol–water partition coefficient (Wildman–Crippen LogP) is 3.83. The Kier molecular flexibility index (Phi) is 5.49. The molecule has 2 aromatic rings. The van der Waals surface area contributed by atoms with Crippen molar-refractivity contribution in [1.29, 1.82) is 0 Å². The molecule has 1 atom stereocenters. The van der Waals surface area contributed by atoms with Crippen LogP contribution in [-0.2, 0) is 4.74 Å².